The number of hydrogen-bond acceptors (Lipinski definition) is 3. The average molecular weight is 258 g/mol. The Balaban J connectivity index is 1.93. The quantitative estimate of drug-likeness (QED) is 0.779. The molecule has 0 bridgehead atoms. The van der Waals surface area contributed by atoms with Crippen LogP contribution in [0.15, 0.2) is 0 Å². The Hall–Kier alpha value is -0.910. The maximum Gasteiger partial charge on any atom is 0.327 e. The molecular formula is C11H18N2O3S. The number of nitrogens with one attached hydrogen (secondary N) is 1. The van der Waals surface area contributed by atoms with Crippen LogP contribution in [-0.4, -0.2) is 52.1 Å². The third-order valence-corrected chi connectivity index (χ3v) is 4.38. The molecule has 1 saturated heterocycles. The minimum Gasteiger partial charge on any atom is -0.480 e. The van der Waals surface area contributed by atoms with Crippen LogP contribution in [0.5, 0.6) is 0 Å². The van der Waals surface area contributed by atoms with E-state index in [1.165, 1.54) is 4.90 Å². The van der Waals surface area contributed by atoms with Crippen LogP contribution in [-0.2, 0) is 4.79 Å². The zero-order valence-electron chi connectivity index (χ0n) is 9.72. The van der Waals surface area contributed by atoms with Gasteiger partial charge in [-0.15, -0.1) is 0 Å². The summed E-state index contributed by atoms with van der Waals surface area (Å²) in [6, 6.07) is -0.633. The summed E-state index contributed by atoms with van der Waals surface area (Å²) in [5.74, 6) is 0.411. The van der Waals surface area contributed by atoms with Crippen LogP contribution in [0.4, 0.5) is 4.79 Å². The first-order valence-electron chi connectivity index (χ1n) is 6.06. The molecular weight excluding hydrogens is 240 g/mol. The Labute approximate surface area is 105 Å². The first kappa shape index (κ1) is 12.5. The molecule has 2 aliphatic rings. The topological polar surface area (TPSA) is 69.6 Å². The Bertz CT molecular complexity index is 305. The second-order valence-corrected chi connectivity index (χ2v) is 5.70. The number of carboxylic acids is 1. The molecule has 96 valence electrons. The first-order chi connectivity index (χ1) is 8.18. The number of nitrogens with zero attached hydrogens (tertiary/aromatic N) is 1. The van der Waals surface area contributed by atoms with Crippen LogP contribution >= 0.6 is 11.8 Å². The minimum absolute atomic E-state index is 0.204. The number of amides is 2. The third-order valence-electron chi connectivity index (χ3n) is 3.36. The molecule has 1 aliphatic heterocycles. The van der Waals surface area contributed by atoms with E-state index < -0.39 is 12.0 Å². The van der Waals surface area contributed by atoms with E-state index in [1.807, 2.05) is 0 Å². The van der Waals surface area contributed by atoms with Crippen LogP contribution in [0.25, 0.3) is 0 Å². The smallest absolute Gasteiger partial charge is 0.327 e. The van der Waals surface area contributed by atoms with Gasteiger partial charge in [0.15, 0.2) is 0 Å². The molecule has 1 aliphatic carbocycles. The zero-order chi connectivity index (χ0) is 12.3. The average Bonchev–Trinajstić information content (AvgIpc) is 2.81. The van der Waals surface area contributed by atoms with Gasteiger partial charge in [0, 0.05) is 24.1 Å². The lowest BCUT2D eigenvalue weighted by Gasteiger charge is -2.33. The van der Waals surface area contributed by atoms with Gasteiger partial charge in [-0.2, -0.15) is 11.8 Å². The molecule has 6 heteroatoms. The predicted molar refractivity (Wildman–Crippen MR) is 66.2 cm³/mol. The maximum absolute atomic E-state index is 12.0. The van der Waals surface area contributed by atoms with Crippen LogP contribution in [0, 0.1) is 0 Å². The first-order valence-corrected chi connectivity index (χ1v) is 7.21. The van der Waals surface area contributed by atoms with Gasteiger partial charge >= 0.3 is 12.0 Å². The molecule has 1 unspecified atom stereocenters. The summed E-state index contributed by atoms with van der Waals surface area (Å²) < 4.78 is 0. The Kier molecular flexibility index (Phi) is 4.15. The van der Waals surface area contributed by atoms with Crippen molar-refractivity contribution >= 4 is 23.8 Å². The highest BCUT2D eigenvalue weighted by Gasteiger charge is 2.33. The number of rotatable bonds is 2. The van der Waals surface area contributed by atoms with Crippen molar-refractivity contribution in [3.8, 4) is 0 Å². The van der Waals surface area contributed by atoms with E-state index in [1.54, 1.807) is 11.8 Å². The lowest BCUT2D eigenvalue weighted by molar-refractivity contribution is -0.141. The predicted octanol–water partition coefficient (Wildman–Crippen LogP) is 1.14. The van der Waals surface area contributed by atoms with Crippen LogP contribution in [0.3, 0.4) is 0 Å². The molecule has 0 aromatic carbocycles. The second kappa shape index (κ2) is 5.62. The SMILES string of the molecule is O=C(O)C1CSCCN1C(=O)NC1CCCC1. The number of hydrogen-bond donors (Lipinski definition) is 2. The summed E-state index contributed by atoms with van der Waals surface area (Å²) in [6.07, 6.45) is 4.35. The molecule has 1 saturated carbocycles. The summed E-state index contributed by atoms with van der Waals surface area (Å²) >= 11 is 1.59. The Morgan fingerprint density at radius 2 is 2.00 bits per heavy atom. The molecule has 17 heavy (non-hydrogen) atoms. The normalized spacial score (nSPS) is 25.9. The van der Waals surface area contributed by atoms with Crippen molar-refractivity contribution in [2.75, 3.05) is 18.1 Å². The summed E-state index contributed by atoms with van der Waals surface area (Å²) in [5, 5.41) is 12.0. The highest BCUT2D eigenvalue weighted by atomic mass is 32.2. The molecule has 2 N–H and O–H groups in total. The second-order valence-electron chi connectivity index (χ2n) is 4.55. The molecule has 0 radical (unpaired) electrons. The van der Waals surface area contributed by atoms with Gasteiger partial charge in [-0.25, -0.2) is 9.59 Å². The van der Waals surface area contributed by atoms with E-state index in [2.05, 4.69) is 5.32 Å². The fourth-order valence-corrected chi connectivity index (χ4v) is 3.42. The summed E-state index contributed by atoms with van der Waals surface area (Å²) in [7, 11) is 0. The largest absolute Gasteiger partial charge is 0.480 e. The molecule has 2 amide bonds. The molecule has 2 fully saturated rings. The van der Waals surface area contributed by atoms with Gasteiger partial charge in [0.25, 0.3) is 0 Å². The van der Waals surface area contributed by atoms with Gasteiger partial charge in [0.2, 0.25) is 0 Å². The van der Waals surface area contributed by atoms with Crippen molar-refractivity contribution in [1.29, 1.82) is 0 Å². The lowest BCUT2D eigenvalue weighted by atomic mass is 10.2. The fourth-order valence-electron chi connectivity index (χ4n) is 2.38. The van der Waals surface area contributed by atoms with Crippen LogP contribution in [0.2, 0.25) is 0 Å². The Morgan fingerprint density at radius 3 is 2.65 bits per heavy atom. The summed E-state index contributed by atoms with van der Waals surface area (Å²) in [4.78, 5) is 24.6. The van der Waals surface area contributed by atoms with Gasteiger partial charge < -0.3 is 15.3 Å². The van der Waals surface area contributed by atoms with E-state index in [0.29, 0.717) is 12.3 Å². The number of carbonyl (C=O) groups excluding carboxylic acids is 1. The van der Waals surface area contributed by atoms with E-state index >= 15 is 0 Å². The number of thioether (sulfide) groups is 1. The highest BCUT2D eigenvalue weighted by Crippen LogP contribution is 2.20. The van der Waals surface area contributed by atoms with Crippen LogP contribution < -0.4 is 5.32 Å². The van der Waals surface area contributed by atoms with Crippen molar-refractivity contribution < 1.29 is 14.7 Å². The molecule has 1 atom stereocenters. The molecule has 0 aromatic rings. The fraction of sp³-hybridized carbons (Fsp3) is 0.818. The minimum atomic E-state index is -0.904. The molecule has 0 aromatic heterocycles. The number of urea groups is 1. The standard InChI is InChI=1S/C11H18N2O3S/c14-10(15)9-7-17-6-5-13(9)11(16)12-8-3-1-2-4-8/h8-9H,1-7H2,(H,12,16)(H,14,15). The van der Waals surface area contributed by atoms with Crippen molar-refractivity contribution in [3.05, 3.63) is 0 Å². The van der Waals surface area contributed by atoms with E-state index in [9.17, 15) is 9.59 Å². The summed E-state index contributed by atoms with van der Waals surface area (Å²) in [6.45, 7) is 0.528. The van der Waals surface area contributed by atoms with Crippen molar-refractivity contribution in [2.24, 2.45) is 0 Å². The number of aliphatic carboxylic acids is 1. The van der Waals surface area contributed by atoms with Gasteiger partial charge in [-0.3, -0.25) is 0 Å². The van der Waals surface area contributed by atoms with Crippen molar-refractivity contribution in [2.45, 2.75) is 37.8 Å². The highest BCUT2D eigenvalue weighted by molar-refractivity contribution is 7.99. The van der Waals surface area contributed by atoms with E-state index in [4.69, 9.17) is 5.11 Å². The molecule has 2 rings (SSSR count). The monoisotopic (exact) mass is 258 g/mol. The van der Waals surface area contributed by atoms with E-state index in [-0.39, 0.29) is 12.1 Å². The van der Waals surface area contributed by atoms with Gasteiger partial charge in [0.1, 0.15) is 6.04 Å². The number of carboxylic acid groups (broad SMARTS) is 1. The molecule has 1 heterocycles. The number of carbonyl (C=O) groups is 2. The molecule has 0 spiro atoms. The lowest BCUT2D eigenvalue weighted by Crippen LogP contribution is -2.55. The maximum atomic E-state index is 12.0. The van der Waals surface area contributed by atoms with E-state index in [0.717, 1.165) is 31.4 Å². The zero-order valence-corrected chi connectivity index (χ0v) is 10.5. The van der Waals surface area contributed by atoms with Crippen molar-refractivity contribution in [3.63, 3.8) is 0 Å². The Morgan fingerprint density at radius 1 is 1.29 bits per heavy atom. The van der Waals surface area contributed by atoms with Gasteiger partial charge in [-0.05, 0) is 12.8 Å². The molecule has 5 nitrogen and oxygen atoms in total. The van der Waals surface area contributed by atoms with Gasteiger partial charge in [0.05, 0.1) is 0 Å². The third kappa shape index (κ3) is 3.06. The van der Waals surface area contributed by atoms with Crippen LogP contribution in [0.1, 0.15) is 25.7 Å². The summed E-state index contributed by atoms with van der Waals surface area (Å²) in [5.41, 5.74) is 0. The van der Waals surface area contributed by atoms with Crippen molar-refractivity contribution in [1.82, 2.24) is 10.2 Å². The van der Waals surface area contributed by atoms with Gasteiger partial charge in [-0.1, -0.05) is 12.8 Å².